The zero-order valence-corrected chi connectivity index (χ0v) is 18.4. The zero-order valence-electron chi connectivity index (χ0n) is 17.4. The number of hydrogen-bond acceptors (Lipinski definition) is 5. The summed E-state index contributed by atoms with van der Waals surface area (Å²) in [5.41, 5.74) is -0.551. The van der Waals surface area contributed by atoms with Gasteiger partial charge in [-0.2, -0.15) is 0 Å². The van der Waals surface area contributed by atoms with Gasteiger partial charge in [0.1, 0.15) is 12.2 Å². The predicted octanol–water partition coefficient (Wildman–Crippen LogP) is 4.45. The van der Waals surface area contributed by atoms with E-state index in [0.29, 0.717) is 19.3 Å². The molecule has 5 nitrogen and oxygen atoms in total. The molecule has 0 spiro atoms. The summed E-state index contributed by atoms with van der Waals surface area (Å²) in [4.78, 5) is 23.6. The first kappa shape index (κ1) is 22.2. The maximum atomic E-state index is 12.3. The van der Waals surface area contributed by atoms with Crippen LogP contribution in [0.25, 0.3) is 0 Å². The van der Waals surface area contributed by atoms with E-state index in [2.05, 4.69) is 33.9 Å². The van der Waals surface area contributed by atoms with E-state index in [1.54, 1.807) is 0 Å². The second-order valence-electron chi connectivity index (χ2n) is 9.72. The number of carbonyl (C=O) groups excluding carboxylic acids is 2. The third-order valence-corrected chi connectivity index (χ3v) is 9.60. The van der Waals surface area contributed by atoms with Crippen molar-refractivity contribution in [1.82, 2.24) is 0 Å². The third kappa shape index (κ3) is 6.74. The molecule has 3 atom stereocenters. The number of carbonyl (C=O) groups is 2. The first-order chi connectivity index (χ1) is 11.1. The third-order valence-electron chi connectivity index (χ3n) is 5.06. The van der Waals surface area contributed by atoms with E-state index in [4.69, 9.17) is 13.9 Å². The molecule has 0 aromatic carbocycles. The van der Waals surface area contributed by atoms with E-state index in [1.165, 1.54) is 6.92 Å². The molecular formula is C19H36O5Si. The Hall–Kier alpha value is -0.883. The molecule has 146 valence electrons. The Kier molecular flexibility index (Phi) is 6.90. The largest absolute Gasteiger partial charge is 0.462 e. The molecule has 1 aliphatic carbocycles. The molecule has 0 N–H and O–H groups in total. The molecule has 3 unspecified atom stereocenters. The fourth-order valence-corrected chi connectivity index (χ4v) is 3.99. The van der Waals surface area contributed by atoms with E-state index in [1.807, 2.05) is 20.8 Å². The lowest BCUT2D eigenvalue weighted by molar-refractivity contribution is -0.167. The van der Waals surface area contributed by atoms with Crippen LogP contribution in [0.15, 0.2) is 0 Å². The zero-order chi connectivity index (χ0) is 19.6. The molecular weight excluding hydrogens is 336 g/mol. The molecule has 1 rings (SSSR count). The predicted molar refractivity (Wildman–Crippen MR) is 101 cm³/mol. The number of ether oxygens (including phenoxy) is 2. The Bertz CT molecular complexity index is 487. The first-order valence-electron chi connectivity index (χ1n) is 9.18. The Morgan fingerprint density at radius 1 is 0.840 bits per heavy atom. The number of esters is 2. The molecule has 1 fully saturated rings. The van der Waals surface area contributed by atoms with Gasteiger partial charge in [0, 0.05) is 26.2 Å². The molecule has 0 amide bonds. The fraction of sp³-hybridized carbons (Fsp3) is 0.895. The lowest BCUT2D eigenvalue weighted by Gasteiger charge is -2.43. The van der Waals surface area contributed by atoms with Crippen molar-refractivity contribution in [2.24, 2.45) is 5.41 Å². The SMILES string of the molecule is CC(=O)OC1CC(OC(=O)C(C)(C)C)CC(O[Si](C)(C)C(C)(C)C)C1. The standard InChI is InChI=1S/C19H36O5Si/c1-13(20)22-14-10-15(23-17(21)18(2,3)4)12-16(11-14)24-25(8,9)19(5,6)7/h14-16H,10-12H2,1-9H3. The molecule has 0 heterocycles. The van der Waals surface area contributed by atoms with Crippen LogP contribution in [0.4, 0.5) is 0 Å². The Labute approximate surface area is 153 Å². The van der Waals surface area contributed by atoms with Crippen LogP contribution < -0.4 is 0 Å². The van der Waals surface area contributed by atoms with Crippen molar-refractivity contribution < 1.29 is 23.5 Å². The van der Waals surface area contributed by atoms with Crippen molar-refractivity contribution in [3.05, 3.63) is 0 Å². The maximum absolute atomic E-state index is 12.3. The molecule has 0 radical (unpaired) electrons. The topological polar surface area (TPSA) is 61.8 Å². The van der Waals surface area contributed by atoms with Crippen LogP contribution in [-0.2, 0) is 23.5 Å². The van der Waals surface area contributed by atoms with Gasteiger partial charge in [-0.3, -0.25) is 9.59 Å². The summed E-state index contributed by atoms with van der Waals surface area (Å²) in [5.74, 6) is -0.536. The lowest BCUT2D eigenvalue weighted by atomic mass is 9.91. The van der Waals surface area contributed by atoms with Crippen LogP contribution in [0.3, 0.4) is 0 Å². The van der Waals surface area contributed by atoms with Gasteiger partial charge in [0.15, 0.2) is 8.32 Å². The molecule has 0 bridgehead atoms. The highest BCUT2D eigenvalue weighted by Crippen LogP contribution is 2.40. The van der Waals surface area contributed by atoms with E-state index >= 15 is 0 Å². The van der Waals surface area contributed by atoms with E-state index in [0.717, 1.165) is 0 Å². The van der Waals surface area contributed by atoms with Gasteiger partial charge in [0.25, 0.3) is 0 Å². The van der Waals surface area contributed by atoms with Crippen molar-refractivity contribution in [1.29, 1.82) is 0 Å². The summed E-state index contributed by atoms with van der Waals surface area (Å²) in [5, 5.41) is 0.0962. The van der Waals surface area contributed by atoms with Gasteiger partial charge in [-0.15, -0.1) is 0 Å². The highest BCUT2D eigenvalue weighted by Gasteiger charge is 2.42. The average Bonchev–Trinajstić information content (AvgIpc) is 2.33. The molecule has 0 aromatic heterocycles. The van der Waals surface area contributed by atoms with Crippen molar-refractivity contribution in [2.45, 2.75) is 104 Å². The fourth-order valence-electron chi connectivity index (χ4n) is 2.61. The van der Waals surface area contributed by atoms with Gasteiger partial charge in [0.2, 0.25) is 0 Å². The monoisotopic (exact) mass is 372 g/mol. The molecule has 0 aromatic rings. The normalized spacial score (nSPS) is 25.4. The molecule has 0 aliphatic heterocycles. The molecule has 1 aliphatic rings. The van der Waals surface area contributed by atoms with E-state index in [-0.39, 0.29) is 35.3 Å². The summed E-state index contributed by atoms with van der Waals surface area (Å²) in [6.07, 6.45) is 1.26. The minimum absolute atomic E-state index is 0.0586. The van der Waals surface area contributed by atoms with Crippen molar-refractivity contribution in [3.8, 4) is 0 Å². The van der Waals surface area contributed by atoms with Crippen molar-refractivity contribution in [2.75, 3.05) is 0 Å². The summed E-state index contributed by atoms with van der Waals surface area (Å²) in [7, 11) is -1.95. The van der Waals surface area contributed by atoms with Crippen LogP contribution in [0.5, 0.6) is 0 Å². The quantitative estimate of drug-likeness (QED) is 0.539. The second-order valence-corrected chi connectivity index (χ2v) is 14.5. The smallest absolute Gasteiger partial charge is 0.311 e. The van der Waals surface area contributed by atoms with Crippen molar-refractivity contribution in [3.63, 3.8) is 0 Å². The van der Waals surface area contributed by atoms with Gasteiger partial charge in [-0.1, -0.05) is 20.8 Å². The Morgan fingerprint density at radius 2 is 1.28 bits per heavy atom. The van der Waals surface area contributed by atoms with Crippen LogP contribution in [-0.4, -0.2) is 38.6 Å². The van der Waals surface area contributed by atoms with Gasteiger partial charge < -0.3 is 13.9 Å². The van der Waals surface area contributed by atoms with Crippen molar-refractivity contribution >= 4 is 20.3 Å². The first-order valence-corrected chi connectivity index (χ1v) is 12.1. The van der Waals surface area contributed by atoms with Gasteiger partial charge in [-0.25, -0.2) is 0 Å². The minimum atomic E-state index is -1.95. The second kappa shape index (κ2) is 7.78. The summed E-state index contributed by atoms with van der Waals surface area (Å²) < 4.78 is 17.6. The van der Waals surface area contributed by atoms with E-state index in [9.17, 15) is 9.59 Å². The van der Waals surface area contributed by atoms with Crippen LogP contribution in [0, 0.1) is 5.41 Å². The van der Waals surface area contributed by atoms with Gasteiger partial charge in [-0.05, 0) is 38.9 Å². The maximum Gasteiger partial charge on any atom is 0.311 e. The number of rotatable bonds is 4. The molecule has 0 saturated heterocycles. The van der Waals surface area contributed by atoms with Crippen LogP contribution in [0.2, 0.25) is 18.1 Å². The van der Waals surface area contributed by atoms with Crippen LogP contribution >= 0.6 is 0 Å². The molecule has 25 heavy (non-hydrogen) atoms. The number of hydrogen-bond donors (Lipinski definition) is 0. The molecule has 6 heteroatoms. The summed E-state index contributed by atoms with van der Waals surface area (Å²) in [6.45, 7) is 17.9. The van der Waals surface area contributed by atoms with Gasteiger partial charge in [0.05, 0.1) is 11.5 Å². The minimum Gasteiger partial charge on any atom is -0.462 e. The summed E-state index contributed by atoms with van der Waals surface area (Å²) >= 11 is 0. The average molecular weight is 373 g/mol. The molecule has 1 saturated carbocycles. The highest BCUT2D eigenvalue weighted by atomic mass is 28.4. The highest BCUT2D eigenvalue weighted by molar-refractivity contribution is 6.74. The van der Waals surface area contributed by atoms with Crippen LogP contribution in [0.1, 0.15) is 67.7 Å². The lowest BCUT2D eigenvalue weighted by Crippen LogP contribution is -2.48. The van der Waals surface area contributed by atoms with E-state index < -0.39 is 13.7 Å². The van der Waals surface area contributed by atoms with Gasteiger partial charge >= 0.3 is 11.9 Å². The summed E-state index contributed by atoms with van der Waals surface area (Å²) in [6, 6.07) is 0. The Morgan fingerprint density at radius 3 is 1.68 bits per heavy atom. The Balaban J connectivity index is 2.87.